The lowest BCUT2D eigenvalue weighted by molar-refractivity contribution is 0.162. The SMILES string of the molecule is CNCCC1CCCN(Cc2cccc(Cl)c2)C1. The maximum Gasteiger partial charge on any atom is 0.0409 e. The fraction of sp³-hybridized carbons (Fsp3) is 0.600. The first kappa shape index (κ1) is 13.9. The first-order chi connectivity index (χ1) is 8.78. The maximum atomic E-state index is 6.03. The van der Waals surface area contributed by atoms with Crippen molar-refractivity contribution < 1.29 is 0 Å². The van der Waals surface area contributed by atoms with Gasteiger partial charge in [0.15, 0.2) is 0 Å². The minimum absolute atomic E-state index is 0.844. The first-order valence-corrected chi connectivity index (χ1v) is 7.27. The predicted octanol–water partition coefficient (Wildman–Crippen LogP) is 3.16. The van der Waals surface area contributed by atoms with Gasteiger partial charge in [-0.1, -0.05) is 23.7 Å². The molecule has 1 aromatic rings. The monoisotopic (exact) mass is 266 g/mol. The molecule has 1 aliphatic rings. The van der Waals surface area contributed by atoms with Gasteiger partial charge < -0.3 is 5.32 Å². The molecule has 0 spiro atoms. The first-order valence-electron chi connectivity index (χ1n) is 6.89. The van der Waals surface area contributed by atoms with Crippen LogP contribution in [0.2, 0.25) is 5.02 Å². The molecule has 1 heterocycles. The standard InChI is InChI=1S/C15H23ClN2/c1-17-8-7-13-5-3-9-18(11-13)12-14-4-2-6-15(16)10-14/h2,4,6,10,13,17H,3,5,7-9,11-12H2,1H3. The third-order valence-corrected chi connectivity index (χ3v) is 3.94. The van der Waals surface area contributed by atoms with Gasteiger partial charge in [0.25, 0.3) is 0 Å². The van der Waals surface area contributed by atoms with Crippen LogP contribution in [0.5, 0.6) is 0 Å². The van der Waals surface area contributed by atoms with Gasteiger partial charge in [0.05, 0.1) is 0 Å². The summed E-state index contributed by atoms with van der Waals surface area (Å²) < 4.78 is 0. The van der Waals surface area contributed by atoms with E-state index >= 15 is 0 Å². The van der Waals surface area contributed by atoms with Crippen LogP contribution in [0, 0.1) is 5.92 Å². The van der Waals surface area contributed by atoms with Crippen LogP contribution in [0.1, 0.15) is 24.8 Å². The molecule has 0 aliphatic carbocycles. The Labute approximate surface area is 115 Å². The summed E-state index contributed by atoms with van der Waals surface area (Å²) in [5, 5.41) is 4.09. The van der Waals surface area contributed by atoms with E-state index in [2.05, 4.69) is 22.3 Å². The molecule has 1 fully saturated rings. The molecule has 3 heteroatoms. The third kappa shape index (κ3) is 4.27. The molecule has 1 unspecified atom stereocenters. The van der Waals surface area contributed by atoms with Crippen LogP contribution >= 0.6 is 11.6 Å². The zero-order chi connectivity index (χ0) is 12.8. The Bertz CT molecular complexity index is 367. The normalized spacial score (nSPS) is 21.1. The average molecular weight is 267 g/mol. The Morgan fingerprint density at radius 1 is 1.44 bits per heavy atom. The molecular weight excluding hydrogens is 244 g/mol. The molecule has 0 saturated carbocycles. The van der Waals surface area contributed by atoms with Crippen LogP contribution in [-0.4, -0.2) is 31.6 Å². The summed E-state index contributed by atoms with van der Waals surface area (Å²) in [6, 6.07) is 8.24. The minimum atomic E-state index is 0.844. The molecule has 2 rings (SSSR count). The summed E-state index contributed by atoms with van der Waals surface area (Å²) in [6.45, 7) is 4.63. The highest BCUT2D eigenvalue weighted by Gasteiger charge is 2.19. The zero-order valence-corrected chi connectivity index (χ0v) is 11.9. The number of piperidine rings is 1. The van der Waals surface area contributed by atoms with E-state index in [-0.39, 0.29) is 0 Å². The van der Waals surface area contributed by atoms with Crippen molar-refractivity contribution >= 4 is 11.6 Å². The Balaban J connectivity index is 1.85. The van der Waals surface area contributed by atoms with E-state index in [4.69, 9.17) is 11.6 Å². The van der Waals surface area contributed by atoms with Gasteiger partial charge in [0, 0.05) is 18.1 Å². The quantitative estimate of drug-likeness (QED) is 0.881. The van der Waals surface area contributed by atoms with Gasteiger partial charge in [-0.15, -0.1) is 0 Å². The second-order valence-electron chi connectivity index (χ2n) is 5.27. The molecule has 0 amide bonds. The van der Waals surface area contributed by atoms with E-state index in [1.807, 2.05) is 19.2 Å². The molecule has 1 N–H and O–H groups in total. The van der Waals surface area contributed by atoms with Crippen molar-refractivity contribution in [3.63, 3.8) is 0 Å². The smallest absolute Gasteiger partial charge is 0.0409 e. The second kappa shape index (κ2) is 7.13. The predicted molar refractivity (Wildman–Crippen MR) is 78.0 cm³/mol. The van der Waals surface area contributed by atoms with Gasteiger partial charge in [0.2, 0.25) is 0 Å². The van der Waals surface area contributed by atoms with Gasteiger partial charge in [-0.2, -0.15) is 0 Å². The summed E-state index contributed by atoms with van der Waals surface area (Å²) >= 11 is 6.03. The molecule has 1 aromatic carbocycles. The van der Waals surface area contributed by atoms with Crippen molar-refractivity contribution in [2.75, 3.05) is 26.7 Å². The highest BCUT2D eigenvalue weighted by molar-refractivity contribution is 6.30. The van der Waals surface area contributed by atoms with E-state index in [9.17, 15) is 0 Å². The van der Waals surface area contributed by atoms with Gasteiger partial charge in [0.1, 0.15) is 0 Å². The fourth-order valence-electron chi connectivity index (χ4n) is 2.77. The van der Waals surface area contributed by atoms with Crippen molar-refractivity contribution in [2.45, 2.75) is 25.8 Å². The van der Waals surface area contributed by atoms with Gasteiger partial charge in [-0.05, 0) is 63.0 Å². The maximum absolute atomic E-state index is 6.03. The number of hydrogen-bond acceptors (Lipinski definition) is 2. The number of nitrogens with one attached hydrogen (secondary N) is 1. The Kier molecular flexibility index (Phi) is 5.48. The lowest BCUT2D eigenvalue weighted by Crippen LogP contribution is -2.35. The van der Waals surface area contributed by atoms with Gasteiger partial charge in [-0.3, -0.25) is 4.90 Å². The van der Waals surface area contributed by atoms with E-state index in [1.54, 1.807) is 0 Å². The summed E-state index contributed by atoms with van der Waals surface area (Å²) in [5.74, 6) is 0.852. The highest BCUT2D eigenvalue weighted by atomic mass is 35.5. The Morgan fingerprint density at radius 3 is 3.11 bits per heavy atom. The van der Waals surface area contributed by atoms with Crippen LogP contribution in [0.15, 0.2) is 24.3 Å². The summed E-state index contributed by atoms with van der Waals surface area (Å²) in [6.07, 6.45) is 4.01. The van der Waals surface area contributed by atoms with Crippen LogP contribution in [0.3, 0.4) is 0 Å². The summed E-state index contributed by atoms with van der Waals surface area (Å²) in [4.78, 5) is 2.56. The highest BCUT2D eigenvalue weighted by Crippen LogP contribution is 2.21. The molecule has 100 valence electrons. The van der Waals surface area contributed by atoms with E-state index in [0.717, 1.165) is 24.0 Å². The molecule has 2 nitrogen and oxygen atoms in total. The van der Waals surface area contributed by atoms with Crippen molar-refractivity contribution in [3.8, 4) is 0 Å². The lowest BCUT2D eigenvalue weighted by atomic mass is 9.94. The summed E-state index contributed by atoms with van der Waals surface area (Å²) in [5.41, 5.74) is 1.33. The van der Waals surface area contributed by atoms with E-state index in [0.29, 0.717) is 0 Å². The fourth-order valence-corrected chi connectivity index (χ4v) is 2.99. The number of rotatable bonds is 5. The average Bonchev–Trinajstić information content (AvgIpc) is 2.37. The minimum Gasteiger partial charge on any atom is -0.320 e. The zero-order valence-electron chi connectivity index (χ0n) is 11.2. The third-order valence-electron chi connectivity index (χ3n) is 3.70. The van der Waals surface area contributed by atoms with E-state index < -0.39 is 0 Å². The largest absolute Gasteiger partial charge is 0.320 e. The number of halogens is 1. The molecule has 18 heavy (non-hydrogen) atoms. The lowest BCUT2D eigenvalue weighted by Gasteiger charge is -2.32. The van der Waals surface area contributed by atoms with Crippen LogP contribution in [0.4, 0.5) is 0 Å². The van der Waals surface area contributed by atoms with Crippen LogP contribution in [0.25, 0.3) is 0 Å². The molecule has 0 radical (unpaired) electrons. The molecule has 1 atom stereocenters. The van der Waals surface area contributed by atoms with Crippen molar-refractivity contribution in [1.29, 1.82) is 0 Å². The molecule has 1 saturated heterocycles. The van der Waals surface area contributed by atoms with Crippen molar-refractivity contribution in [3.05, 3.63) is 34.9 Å². The molecule has 1 aliphatic heterocycles. The number of hydrogen-bond donors (Lipinski definition) is 1. The van der Waals surface area contributed by atoms with Crippen LogP contribution in [-0.2, 0) is 6.54 Å². The number of likely N-dealkylation sites (tertiary alicyclic amines) is 1. The number of nitrogens with zero attached hydrogens (tertiary/aromatic N) is 1. The Morgan fingerprint density at radius 2 is 2.33 bits per heavy atom. The van der Waals surface area contributed by atoms with E-state index in [1.165, 1.54) is 37.9 Å². The summed E-state index contributed by atoms with van der Waals surface area (Å²) in [7, 11) is 2.03. The Hall–Kier alpha value is -0.570. The van der Waals surface area contributed by atoms with Gasteiger partial charge >= 0.3 is 0 Å². The molecular formula is C15H23ClN2. The van der Waals surface area contributed by atoms with Crippen molar-refractivity contribution in [2.24, 2.45) is 5.92 Å². The molecule has 0 aromatic heterocycles. The topological polar surface area (TPSA) is 15.3 Å². The molecule has 0 bridgehead atoms. The van der Waals surface area contributed by atoms with Crippen LogP contribution < -0.4 is 5.32 Å². The van der Waals surface area contributed by atoms with Gasteiger partial charge in [-0.25, -0.2) is 0 Å². The number of benzene rings is 1. The van der Waals surface area contributed by atoms with Crippen molar-refractivity contribution in [1.82, 2.24) is 10.2 Å². The second-order valence-corrected chi connectivity index (χ2v) is 5.70.